The van der Waals surface area contributed by atoms with Crippen molar-refractivity contribution in [3.8, 4) is 16.9 Å². The second kappa shape index (κ2) is 9.75. The first-order chi connectivity index (χ1) is 20.2. The number of benzene rings is 6. The number of nitro groups is 3. The molecule has 0 aliphatic heterocycles. The Morgan fingerprint density at radius 2 is 1.17 bits per heavy atom. The maximum Gasteiger partial charge on any atom is 0.284 e. The van der Waals surface area contributed by atoms with E-state index in [-0.39, 0.29) is 27.9 Å². The number of non-ortho nitro benzene ring substituents is 2. The minimum absolute atomic E-state index is 0.0597. The highest BCUT2D eigenvalue weighted by Gasteiger charge is 2.37. The second-order valence-corrected chi connectivity index (χ2v) is 9.54. The van der Waals surface area contributed by atoms with Gasteiger partial charge in [-0.05, 0) is 39.1 Å². The number of aromatic hydroxyl groups is 1. The third kappa shape index (κ3) is 4.12. The molecule has 6 aromatic carbocycles. The summed E-state index contributed by atoms with van der Waals surface area (Å²) < 4.78 is 0. The molecule has 0 amide bonds. The van der Waals surface area contributed by atoms with Crippen LogP contribution in [-0.4, -0.2) is 25.7 Å². The summed E-state index contributed by atoms with van der Waals surface area (Å²) in [6.45, 7) is 0. The van der Waals surface area contributed by atoms with Crippen molar-refractivity contribution in [2.45, 2.75) is 0 Å². The van der Waals surface area contributed by atoms with E-state index in [1.54, 1.807) is 0 Å². The topological polar surface area (TPSA) is 167 Å². The molecule has 0 spiro atoms. The lowest BCUT2D eigenvalue weighted by Gasteiger charge is -2.09. The summed E-state index contributed by atoms with van der Waals surface area (Å²) in [5, 5.41) is 49.8. The molecule has 11 nitrogen and oxygen atoms in total. The van der Waals surface area contributed by atoms with Gasteiger partial charge in [-0.3, -0.25) is 35.1 Å². The van der Waals surface area contributed by atoms with Crippen LogP contribution in [-0.2, 0) is 0 Å². The molecule has 0 unspecified atom stereocenters. The van der Waals surface area contributed by atoms with Gasteiger partial charge in [0.2, 0.25) is 0 Å². The molecule has 1 N–H and O–H groups in total. The first-order valence-electron chi connectivity index (χ1n) is 12.5. The maximum absolute atomic E-state index is 12.3. The molecule has 0 heterocycles. The quantitative estimate of drug-likeness (QED) is 0.132. The summed E-state index contributed by atoms with van der Waals surface area (Å²) in [6, 6.07) is 27.5. The highest BCUT2D eigenvalue weighted by atomic mass is 16.6. The van der Waals surface area contributed by atoms with Gasteiger partial charge in [0.05, 0.1) is 26.4 Å². The molecule has 42 heavy (non-hydrogen) atoms. The normalized spacial score (nSPS) is 11.6. The van der Waals surface area contributed by atoms with E-state index in [1.807, 2.05) is 24.3 Å². The summed E-state index contributed by atoms with van der Waals surface area (Å²) in [7, 11) is 0. The number of hydrogen-bond acceptors (Lipinski definition) is 8. The number of nitrogens with zero attached hydrogens (tertiary/aromatic N) is 3. The Labute approximate surface area is 235 Å². The van der Waals surface area contributed by atoms with Gasteiger partial charge in [-0.2, -0.15) is 0 Å². The van der Waals surface area contributed by atoms with Crippen LogP contribution < -0.4 is 0 Å². The Kier molecular flexibility index (Phi) is 6.04. The predicted octanol–water partition coefficient (Wildman–Crippen LogP) is 7.47. The summed E-state index contributed by atoms with van der Waals surface area (Å²) >= 11 is 0. The van der Waals surface area contributed by atoms with Crippen LogP contribution in [0.25, 0.3) is 43.4 Å². The zero-order chi connectivity index (χ0) is 29.7. The van der Waals surface area contributed by atoms with E-state index in [0.717, 1.165) is 40.4 Å². The molecule has 0 saturated carbocycles. The van der Waals surface area contributed by atoms with Gasteiger partial charge in [0.1, 0.15) is 5.75 Å². The van der Waals surface area contributed by atoms with Gasteiger partial charge in [-0.1, -0.05) is 60.7 Å². The minimum Gasteiger partial charge on any atom is -0.507 e. The van der Waals surface area contributed by atoms with Crippen LogP contribution in [0.15, 0.2) is 97.1 Å². The lowest BCUT2D eigenvalue weighted by Crippen LogP contribution is -2.00. The lowest BCUT2D eigenvalue weighted by atomic mass is 9.96. The Morgan fingerprint density at radius 3 is 1.86 bits per heavy atom. The van der Waals surface area contributed by atoms with Crippen molar-refractivity contribution in [1.29, 1.82) is 0 Å². The lowest BCUT2D eigenvalue weighted by molar-refractivity contribution is -0.393. The number of rotatable bonds is 3. The molecule has 0 saturated heterocycles. The van der Waals surface area contributed by atoms with Gasteiger partial charge in [0.25, 0.3) is 17.1 Å². The van der Waals surface area contributed by atoms with Crippen LogP contribution in [0.3, 0.4) is 0 Å². The molecule has 7 rings (SSSR count). The van der Waals surface area contributed by atoms with Gasteiger partial charge in [-0.15, -0.1) is 0 Å². The third-order valence-electron chi connectivity index (χ3n) is 7.21. The Morgan fingerprint density at radius 1 is 0.548 bits per heavy atom. The van der Waals surface area contributed by atoms with Crippen molar-refractivity contribution in [2.75, 3.05) is 0 Å². The highest BCUT2D eigenvalue weighted by molar-refractivity contribution is 6.24. The average molecular weight is 559 g/mol. The first-order valence-corrected chi connectivity index (χ1v) is 12.5. The summed E-state index contributed by atoms with van der Waals surface area (Å²) in [5.41, 5.74) is -1.73. The molecular formula is C31H17N3O8. The molecular weight excluding hydrogens is 542 g/mol. The molecule has 11 heteroatoms. The van der Waals surface area contributed by atoms with Gasteiger partial charge in [0.15, 0.2) is 5.78 Å². The van der Waals surface area contributed by atoms with E-state index in [1.165, 1.54) is 22.2 Å². The number of phenols is 1. The van der Waals surface area contributed by atoms with Crippen LogP contribution in [0, 0.1) is 30.3 Å². The van der Waals surface area contributed by atoms with Gasteiger partial charge in [0, 0.05) is 40.3 Å². The summed E-state index contributed by atoms with van der Waals surface area (Å²) in [5.74, 6) is -0.371. The van der Waals surface area contributed by atoms with Gasteiger partial charge >= 0.3 is 0 Å². The molecule has 0 fully saturated rings. The van der Waals surface area contributed by atoms with Crippen molar-refractivity contribution in [1.82, 2.24) is 0 Å². The van der Waals surface area contributed by atoms with Crippen molar-refractivity contribution in [3.05, 3.63) is 139 Å². The summed E-state index contributed by atoms with van der Waals surface area (Å²) in [4.78, 5) is 42.8. The van der Waals surface area contributed by atoms with E-state index < -0.39 is 31.9 Å². The highest BCUT2D eigenvalue weighted by Crippen LogP contribution is 2.45. The van der Waals surface area contributed by atoms with Crippen LogP contribution in [0.5, 0.6) is 5.75 Å². The molecule has 0 radical (unpaired) electrons. The fourth-order valence-electron chi connectivity index (χ4n) is 5.38. The molecule has 1 aliphatic rings. The molecule has 6 aromatic rings. The molecule has 0 atom stereocenters. The minimum atomic E-state index is -0.841. The average Bonchev–Trinajstić information content (AvgIpc) is 3.27. The van der Waals surface area contributed by atoms with Crippen molar-refractivity contribution >= 4 is 55.2 Å². The Bertz CT molecular complexity index is 2170. The number of phenolic OH excluding ortho intramolecular Hbond substituents is 1. The summed E-state index contributed by atoms with van der Waals surface area (Å²) in [6.07, 6.45) is 0. The fraction of sp³-hybridized carbons (Fsp3) is 0. The maximum atomic E-state index is 12.3. The first kappa shape index (κ1) is 26.0. The molecule has 0 aromatic heterocycles. The van der Waals surface area contributed by atoms with Crippen LogP contribution in [0.4, 0.5) is 17.1 Å². The smallest absolute Gasteiger partial charge is 0.284 e. The van der Waals surface area contributed by atoms with Crippen LogP contribution >= 0.6 is 0 Å². The number of hydrogen-bond donors (Lipinski definition) is 1. The van der Waals surface area contributed by atoms with Gasteiger partial charge < -0.3 is 5.11 Å². The van der Waals surface area contributed by atoms with E-state index in [0.29, 0.717) is 5.75 Å². The Hall–Kier alpha value is -6.23. The van der Waals surface area contributed by atoms with Crippen molar-refractivity contribution in [2.24, 2.45) is 0 Å². The number of fused-ring (bicyclic) bond motifs is 8. The molecule has 0 bridgehead atoms. The Balaban J connectivity index is 0.000000153. The van der Waals surface area contributed by atoms with Crippen molar-refractivity contribution < 1.29 is 24.7 Å². The predicted molar refractivity (Wildman–Crippen MR) is 156 cm³/mol. The standard InChI is InChI=1S/C18H12O.C13H5N3O7/c19-17-11-13-10-9-12-5-1-2-6-14(12)18(13)16-8-4-3-7-15(16)17;17-13-9-3-6(14(18)19)1-2-8(9)12-10(13)4-7(15(20)21)5-11(12)16(22)23/h1-11,19H;1-5H. The number of carbonyl (C=O) groups is 1. The number of ketones is 1. The van der Waals surface area contributed by atoms with E-state index in [2.05, 4.69) is 42.5 Å². The molecule has 204 valence electrons. The van der Waals surface area contributed by atoms with Crippen LogP contribution in [0.1, 0.15) is 15.9 Å². The van der Waals surface area contributed by atoms with Crippen LogP contribution in [0.2, 0.25) is 0 Å². The zero-order valence-electron chi connectivity index (χ0n) is 21.4. The SMILES string of the molecule is O=C1c2cc([N+](=O)[O-])ccc2-c2c1cc([N+](=O)[O-])cc2[N+](=O)[O-].Oc1cc2ccc3ccccc3c2c2ccccc12. The fourth-order valence-corrected chi connectivity index (χ4v) is 5.38. The number of nitro benzene ring substituents is 3. The van der Waals surface area contributed by atoms with E-state index in [9.17, 15) is 40.2 Å². The third-order valence-corrected chi connectivity index (χ3v) is 7.21. The van der Waals surface area contributed by atoms with E-state index in [4.69, 9.17) is 0 Å². The second-order valence-electron chi connectivity index (χ2n) is 9.54. The molecule has 1 aliphatic carbocycles. The number of carbonyl (C=O) groups excluding carboxylic acids is 1. The van der Waals surface area contributed by atoms with E-state index >= 15 is 0 Å². The largest absolute Gasteiger partial charge is 0.507 e. The monoisotopic (exact) mass is 559 g/mol. The van der Waals surface area contributed by atoms with Crippen molar-refractivity contribution in [3.63, 3.8) is 0 Å². The zero-order valence-corrected chi connectivity index (χ0v) is 21.4. The van der Waals surface area contributed by atoms with Gasteiger partial charge in [-0.25, -0.2) is 0 Å².